The van der Waals surface area contributed by atoms with Gasteiger partial charge in [0.05, 0.1) is 0 Å². The minimum Gasteiger partial charge on any atom is -0.368 e. The molecule has 82 valence electrons. The van der Waals surface area contributed by atoms with Crippen LogP contribution >= 0.6 is 15.9 Å². The van der Waals surface area contributed by atoms with Gasteiger partial charge in [-0.15, -0.1) is 0 Å². The molecule has 0 aliphatic heterocycles. The van der Waals surface area contributed by atoms with E-state index >= 15 is 0 Å². The van der Waals surface area contributed by atoms with Crippen molar-refractivity contribution < 1.29 is 0 Å². The van der Waals surface area contributed by atoms with Gasteiger partial charge in [0.2, 0.25) is 5.95 Å². The van der Waals surface area contributed by atoms with Crippen molar-refractivity contribution in [2.24, 2.45) is 0 Å². The Kier molecular flexibility index (Phi) is 3.14. The maximum Gasteiger partial charge on any atom is 0.223 e. The number of halogens is 1. The number of aromatic nitrogens is 3. The van der Waals surface area contributed by atoms with E-state index in [0.29, 0.717) is 18.1 Å². The van der Waals surface area contributed by atoms with Gasteiger partial charge in [-0.2, -0.15) is 9.97 Å². The van der Waals surface area contributed by atoms with Crippen LogP contribution < -0.4 is 5.73 Å². The lowest BCUT2D eigenvalue weighted by molar-refractivity contribution is 0.890. The van der Waals surface area contributed by atoms with Crippen LogP contribution in [0.15, 0.2) is 28.7 Å². The van der Waals surface area contributed by atoms with Gasteiger partial charge in [-0.1, -0.05) is 28.1 Å². The number of nitrogen functional groups attached to an aromatic ring is 1. The Morgan fingerprint density at radius 2 is 1.81 bits per heavy atom. The molecule has 1 aromatic heterocycles. The van der Waals surface area contributed by atoms with Gasteiger partial charge in [0.1, 0.15) is 11.6 Å². The van der Waals surface area contributed by atoms with Crippen LogP contribution in [0.2, 0.25) is 0 Å². The average Bonchev–Trinajstić information content (AvgIpc) is 2.20. The summed E-state index contributed by atoms with van der Waals surface area (Å²) in [6, 6.07) is 8.04. The summed E-state index contributed by atoms with van der Waals surface area (Å²) < 4.78 is 1.06. The lowest BCUT2D eigenvalue weighted by atomic mass is 10.1. The minimum absolute atomic E-state index is 0.277. The standard InChI is InChI=1S/C11H11BrN4/c1-7-14-10(16-11(13)15-7)6-8-2-4-9(12)5-3-8/h2-5H,6H2,1H3,(H2,13,14,15,16). The number of anilines is 1. The summed E-state index contributed by atoms with van der Waals surface area (Å²) in [6.45, 7) is 1.81. The van der Waals surface area contributed by atoms with Crippen molar-refractivity contribution in [2.45, 2.75) is 13.3 Å². The van der Waals surface area contributed by atoms with Crippen LogP contribution in [-0.4, -0.2) is 15.0 Å². The quantitative estimate of drug-likeness (QED) is 0.914. The Hall–Kier alpha value is -1.49. The lowest BCUT2D eigenvalue weighted by Crippen LogP contribution is -2.05. The highest BCUT2D eigenvalue weighted by molar-refractivity contribution is 9.10. The number of hydrogen-bond donors (Lipinski definition) is 1. The number of hydrogen-bond acceptors (Lipinski definition) is 4. The van der Waals surface area contributed by atoms with Crippen LogP contribution in [0.4, 0.5) is 5.95 Å². The highest BCUT2D eigenvalue weighted by Gasteiger charge is 2.02. The highest BCUT2D eigenvalue weighted by Crippen LogP contribution is 2.12. The molecule has 0 aliphatic rings. The van der Waals surface area contributed by atoms with Crippen LogP contribution in [0.25, 0.3) is 0 Å². The fraction of sp³-hybridized carbons (Fsp3) is 0.182. The predicted molar refractivity (Wildman–Crippen MR) is 65.9 cm³/mol. The Balaban J connectivity index is 2.23. The largest absolute Gasteiger partial charge is 0.368 e. The van der Waals surface area contributed by atoms with E-state index in [1.54, 1.807) is 0 Å². The van der Waals surface area contributed by atoms with Gasteiger partial charge >= 0.3 is 0 Å². The van der Waals surface area contributed by atoms with Gasteiger partial charge in [-0.05, 0) is 24.6 Å². The lowest BCUT2D eigenvalue weighted by Gasteiger charge is -2.02. The molecule has 0 saturated heterocycles. The summed E-state index contributed by atoms with van der Waals surface area (Å²) in [5.41, 5.74) is 6.71. The monoisotopic (exact) mass is 278 g/mol. The zero-order valence-corrected chi connectivity index (χ0v) is 10.4. The van der Waals surface area contributed by atoms with Crippen LogP contribution in [-0.2, 0) is 6.42 Å². The Morgan fingerprint density at radius 1 is 1.12 bits per heavy atom. The molecule has 0 radical (unpaired) electrons. The van der Waals surface area contributed by atoms with E-state index in [0.717, 1.165) is 10.0 Å². The van der Waals surface area contributed by atoms with Gasteiger partial charge in [-0.25, -0.2) is 4.98 Å². The minimum atomic E-state index is 0.277. The smallest absolute Gasteiger partial charge is 0.223 e. The molecule has 1 aromatic carbocycles. The molecule has 2 aromatic rings. The molecule has 2 N–H and O–H groups in total. The van der Waals surface area contributed by atoms with E-state index in [1.165, 1.54) is 0 Å². The van der Waals surface area contributed by atoms with Crippen molar-refractivity contribution in [3.8, 4) is 0 Å². The van der Waals surface area contributed by atoms with E-state index in [-0.39, 0.29) is 5.95 Å². The van der Waals surface area contributed by atoms with E-state index in [1.807, 2.05) is 31.2 Å². The summed E-state index contributed by atoms with van der Waals surface area (Å²) in [4.78, 5) is 12.3. The van der Waals surface area contributed by atoms with Gasteiger partial charge in [0.25, 0.3) is 0 Å². The number of rotatable bonds is 2. The van der Waals surface area contributed by atoms with Gasteiger partial charge < -0.3 is 5.73 Å². The molecule has 0 spiro atoms. The van der Waals surface area contributed by atoms with Crippen molar-refractivity contribution in [1.29, 1.82) is 0 Å². The van der Waals surface area contributed by atoms with Crippen LogP contribution in [0.3, 0.4) is 0 Å². The highest BCUT2D eigenvalue weighted by atomic mass is 79.9. The zero-order chi connectivity index (χ0) is 11.5. The van der Waals surface area contributed by atoms with Gasteiger partial charge in [-0.3, -0.25) is 0 Å². The number of aryl methyl sites for hydroxylation is 1. The van der Waals surface area contributed by atoms with Crippen LogP contribution in [0.1, 0.15) is 17.2 Å². The molecular weight excluding hydrogens is 268 g/mol. The molecule has 5 heteroatoms. The maximum atomic E-state index is 5.57. The summed E-state index contributed by atoms with van der Waals surface area (Å²) >= 11 is 3.39. The molecule has 16 heavy (non-hydrogen) atoms. The van der Waals surface area contributed by atoms with Gasteiger partial charge in [0.15, 0.2) is 0 Å². The van der Waals surface area contributed by atoms with Crippen LogP contribution in [0.5, 0.6) is 0 Å². The topological polar surface area (TPSA) is 64.7 Å². The second kappa shape index (κ2) is 4.57. The summed E-state index contributed by atoms with van der Waals surface area (Å²) in [5.74, 6) is 1.63. The fourth-order valence-electron chi connectivity index (χ4n) is 1.42. The summed E-state index contributed by atoms with van der Waals surface area (Å²) in [6.07, 6.45) is 0.667. The van der Waals surface area contributed by atoms with Crippen molar-refractivity contribution in [2.75, 3.05) is 5.73 Å². The molecule has 0 fully saturated rings. The molecule has 0 bridgehead atoms. The van der Waals surface area contributed by atoms with Gasteiger partial charge in [0, 0.05) is 10.9 Å². The molecule has 1 heterocycles. The van der Waals surface area contributed by atoms with E-state index in [4.69, 9.17) is 5.73 Å². The third kappa shape index (κ3) is 2.76. The first-order valence-electron chi connectivity index (χ1n) is 4.85. The first-order chi connectivity index (χ1) is 7.63. The molecule has 0 unspecified atom stereocenters. The SMILES string of the molecule is Cc1nc(N)nc(Cc2ccc(Br)cc2)n1. The normalized spacial score (nSPS) is 10.4. The third-order valence-corrected chi connectivity index (χ3v) is 2.61. The average molecular weight is 279 g/mol. The third-order valence-electron chi connectivity index (χ3n) is 2.09. The molecule has 0 atom stereocenters. The van der Waals surface area contributed by atoms with Crippen molar-refractivity contribution in [3.63, 3.8) is 0 Å². The molecular formula is C11H11BrN4. The molecule has 0 amide bonds. The first-order valence-corrected chi connectivity index (χ1v) is 5.64. The zero-order valence-electron chi connectivity index (χ0n) is 8.81. The molecule has 2 rings (SSSR count). The molecule has 0 aliphatic carbocycles. The Morgan fingerprint density at radius 3 is 2.44 bits per heavy atom. The first kappa shape index (κ1) is 11.0. The van der Waals surface area contributed by atoms with Crippen molar-refractivity contribution in [1.82, 2.24) is 15.0 Å². The number of nitrogens with zero attached hydrogens (tertiary/aromatic N) is 3. The molecule has 0 saturated carbocycles. The second-order valence-corrected chi connectivity index (χ2v) is 4.38. The van der Waals surface area contributed by atoms with Crippen molar-refractivity contribution in [3.05, 3.63) is 46.0 Å². The van der Waals surface area contributed by atoms with E-state index < -0.39 is 0 Å². The summed E-state index contributed by atoms with van der Waals surface area (Å²) in [7, 11) is 0. The summed E-state index contributed by atoms with van der Waals surface area (Å²) in [5, 5.41) is 0. The maximum absolute atomic E-state index is 5.57. The van der Waals surface area contributed by atoms with E-state index in [9.17, 15) is 0 Å². The number of nitrogens with two attached hydrogens (primary N) is 1. The molecule has 4 nitrogen and oxygen atoms in total. The predicted octanol–water partition coefficient (Wildman–Crippen LogP) is 2.12. The fourth-order valence-corrected chi connectivity index (χ4v) is 1.69. The van der Waals surface area contributed by atoms with Crippen LogP contribution in [0, 0.1) is 6.92 Å². The second-order valence-electron chi connectivity index (χ2n) is 3.46. The van der Waals surface area contributed by atoms with E-state index in [2.05, 4.69) is 30.9 Å². The van der Waals surface area contributed by atoms with Crippen molar-refractivity contribution >= 4 is 21.9 Å². The Labute approximate surface area is 102 Å². The number of benzene rings is 1. The Bertz CT molecular complexity index is 476.